The van der Waals surface area contributed by atoms with Crippen molar-refractivity contribution < 1.29 is 14.7 Å². The highest BCUT2D eigenvalue weighted by Crippen LogP contribution is 2.24. The first-order chi connectivity index (χ1) is 9.54. The Morgan fingerprint density at radius 3 is 2.65 bits per heavy atom. The van der Waals surface area contributed by atoms with Crippen molar-refractivity contribution in [2.75, 3.05) is 0 Å². The van der Waals surface area contributed by atoms with Gasteiger partial charge in [0.2, 0.25) is 0 Å². The third-order valence-electron chi connectivity index (χ3n) is 3.48. The third-order valence-corrected chi connectivity index (χ3v) is 4.39. The fourth-order valence-corrected chi connectivity index (χ4v) is 3.09. The topological polar surface area (TPSA) is 91.3 Å². The van der Waals surface area contributed by atoms with Gasteiger partial charge < -0.3 is 15.7 Å². The summed E-state index contributed by atoms with van der Waals surface area (Å²) >= 11 is 1.56. The summed E-state index contributed by atoms with van der Waals surface area (Å²) < 4.78 is 0. The van der Waals surface area contributed by atoms with Crippen LogP contribution in [0.25, 0.3) is 0 Å². The van der Waals surface area contributed by atoms with Crippen molar-refractivity contribution >= 4 is 23.3 Å². The predicted molar refractivity (Wildman–Crippen MR) is 75.6 cm³/mol. The van der Waals surface area contributed by atoms with Crippen molar-refractivity contribution in [2.24, 2.45) is 5.92 Å². The Morgan fingerprint density at radius 1 is 1.40 bits per heavy atom. The molecule has 3 N–H and O–H groups in total. The Labute approximate surface area is 121 Å². The molecule has 1 saturated carbocycles. The summed E-state index contributed by atoms with van der Waals surface area (Å²) in [4.78, 5) is 27.9. The second-order valence-corrected chi connectivity index (χ2v) is 6.40. The summed E-state index contributed by atoms with van der Waals surface area (Å²) in [6, 6.07) is -0.139. The number of thiazole rings is 1. The first-order valence-electron chi connectivity index (χ1n) is 6.73. The molecule has 1 heterocycles. The lowest BCUT2D eigenvalue weighted by Gasteiger charge is -2.26. The van der Waals surface area contributed by atoms with Gasteiger partial charge in [0.25, 0.3) is 0 Å². The maximum Gasteiger partial charge on any atom is 0.315 e. The summed E-state index contributed by atoms with van der Waals surface area (Å²) in [5.74, 6) is -0.985. The van der Waals surface area contributed by atoms with E-state index in [-0.39, 0.29) is 18.0 Å². The van der Waals surface area contributed by atoms with E-state index in [1.165, 1.54) is 0 Å². The number of carboxylic acids is 1. The molecule has 1 aromatic rings. The molecule has 20 heavy (non-hydrogen) atoms. The van der Waals surface area contributed by atoms with E-state index < -0.39 is 5.97 Å². The van der Waals surface area contributed by atoms with E-state index in [2.05, 4.69) is 15.6 Å². The minimum atomic E-state index is -0.730. The molecule has 2 amide bonds. The molecule has 1 fully saturated rings. The molecule has 1 aliphatic rings. The minimum Gasteiger partial charge on any atom is -0.481 e. The van der Waals surface area contributed by atoms with Gasteiger partial charge in [-0.2, -0.15) is 0 Å². The number of carbonyl (C=O) groups is 2. The zero-order chi connectivity index (χ0) is 14.5. The van der Waals surface area contributed by atoms with Gasteiger partial charge >= 0.3 is 12.0 Å². The van der Waals surface area contributed by atoms with Gasteiger partial charge in [-0.3, -0.25) is 4.79 Å². The van der Waals surface area contributed by atoms with Crippen LogP contribution in [0.4, 0.5) is 4.79 Å². The van der Waals surface area contributed by atoms with Crippen molar-refractivity contribution in [3.05, 3.63) is 16.1 Å². The van der Waals surface area contributed by atoms with Crippen LogP contribution in [0.3, 0.4) is 0 Å². The fourth-order valence-electron chi connectivity index (χ4n) is 2.36. The average Bonchev–Trinajstić information content (AvgIpc) is 2.83. The fraction of sp³-hybridized carbons (Fsp3) is 0.615. The van der Waals surface area contributed by atoms with Crippen molar-refractivity contribution in [3.8, 4) is 0 Å². The second-order valence-electron chi connectivity index (χ2n) is 5.08. The summed E-state index contributed by atoms with van der Waals surface area (Å²) in [7, 11) is 0. The van der Waals surface area contributed by atoms with Gasteiger partial charge in [0, 0.05) is 17.1 Å². The standard InChI is InChI=1S/C13H19N3O3S/c1-8-6-14-11(20-8)7-15-13(19)16-10-4-2-9(3-5-10)12(17)18/h6,9-10H,2-5,7H2,1H3,(H,17,18)(H2,15,16,19). The number of hydrogen-bond acceptors (Lipinski definition) is 4. The Bertz CT molecular complexity index is 481. The number of urea groups is 1. The predicted octanol–water partition coefficient (Wildman–Crippen LogP) is 1.89. The molecule has 110 valence electrons. The van der Waals surface area contributed by atoms with Crippen molar-refractivity contribution in [2.45, 2.75) is 45.2 Å². The van der Waals surface area contributed by atoms with E-state index in [9.17, 15) is 9.59 Å². The minimum absolute atomic E-state index is 0.0728. The number of nitrogens with zero attached hydrogens (tertiary/aromatic N) is 1. The molecule has 0 aromatic carbocycles. The number of nitrogens with one attached hydrogen (secondary N) is 2. The lowest BCUT2D eigenvalue weighted by atomic mass is 9.86. The normalized spacial score (nSPS) is 22.2. The van der Waals surface area contributed by atoms with E-state index in [1.54, 1.807) is 17.5 Å². The third kappa shape index (κ3) is 4.19. The Morgan fingerprint density at radius 2 is 2.10 bits per heavy atom. The molecule has 7 heteroatoms. The van der Waals surface area contributed by atoms with E-state index >= 15 is 0 Å². The molecular formula is C13H19N3O3S. The van der Waals surface area contributed by atoms with E-state index in [0.29, 0.717) is 19.4 Å². The quantitative estimate of drug-likeness (QED) is 0.791. The van der Waals surface area contributed by atoms with Gasteiger partial charge in [-0.1, -0.05) is 0 Å². The van der Waals surface area contributed by atoms with Crippen molar-refractivity contribution in [1.82, 2.24) is 15.6 Å². The van der Waals surface area contributed by atoms with E-state index in [0.717, 1.165) is 22.7 Å². The van der Waals surface area contributed by atoms with Crippen LogP contribution in [0.2, 0.25) is 0 Å². The molecule has 0 atom stereocenters. The molecule has 0 unspecified atom stereocenters. The first kappa shape index (κ1) is 14.8. The van der Waals surface area contributed by atoms with Crippen LogP contribution >= 0.6 is 11.3 Å². The molecule has 0 aliphatic heterocycles. The Hall–Kier alpha value is -1.63. The SMILES string of the molecule is Cc1cnc(CNC(=O)NC2CCC(C(=O)O)CC2)s1. The maximum atomic E-state index is 11.7. The molecule has 2 rings (SSSR count). The molecule has 1 aromatic heterocycles. The monoisotopic (exact) mass is 297 g/mol. The van der Waals surface area contributed by atoms with Crippen LogP contribution in [0, 0.1) is 12.8 Å². The zero-order valence-corrected chi connectivity index (χ0v) is 12.2. The van der Waals surface area contributed by atoms with Crippen molar-refractivity contribution in [3.63, 3.8) is 0 Å². The van der Waals surface area contributed by atoms with Gasteiger partial charge in [-0.05, 0) is 32.6 Å². The van der Waals surface area contributed by atoms with Crippen LogP contribution in [-0.2, 0) is 11.3 Å². The molecule has 0 saturated heterocycles. The van der Waals surface area contributed by atoms with E-state index in [1.807, 2.05) is 6.92 Å². The van der Waals surface area contributed by atoms with Gasteiger partial charge in [-0.15, -0.1) is 11.3 Å². The summed E-state index contributed by atoms with van der Waals surface area (Å²) in [6.07, 6.45) is 4.49. The highest BCUT2D eigenvalue weighted by molar-refractivity contribution is 7.11. The second kappa shape index (κ2) is 6.69. The number of aliphatic carboxylic acids is 1. The highest BCUT2D eigenvalue weighted by atomic mass is 32.1. The largest absolute Gasteiger partial charge is 0.481 e. The molecule has 0 bridgehead atoms. The maximum absolute atomic E-state index is 11.7. The number of carboxylic acid groups (broad SMARTS) is 1. The summed E-state index contributed by atoms with van der Waals surface area (Å²) in [5.41, 5.74) is 0. The zero-order valence-electron chi connectivity index (χ0n) is 11.4. The first-order valence-corrected chi connectivity index (χ1v) is 7.54. The van der Waals surface area contributed by atoms with Crippen LogP contribution in [0.15, 0.2) is 6.20 Å². The summed E-state index contributed by atoms with van der Waals surface area (Å²) in [5, 5.41) is 15.5. The van der Waals surface area contributed by atoms with E-state index in [4.69, 9.17) is 5.11 Å². The van der Waals surface area contributed by atoms with Crippen LogP contribution < -0.4 is 10.6 Å². The van der Waals surface area contributed by atoms with Crippen LogP contribution in [0.1, 0.15) is 35.6 Å². The lowest BCUT2D eigenvalue weighted by molar-refractivity contribution is -0.142. The Kier molecular flexibility index (Phi) is 4.94. The van der Waals surface area contributed by atoms with Gasteiger partial charge in [0.1, 0.15) is 5.01 Å². The van der Waals surface area contributed by atoms with Gasteiger partial charge in [0.05, 0.1) is 12.5 Å². The van der Waals surface area contributed by atoms with Crippen LogP contribution in [0.5, 0.6) is 0 Å². The van der Waals surface area contributed by atoms with Gasteiger partial charge in [0.15, 0.2) is 0 Å². The highest BCUT2D eigenvalue weighted by Gasteiger charge is 2.26. The van der Waals surface area contributed by atoms with Gasteiger partial charge in [-0.25, -0.2) is 9.78 Å². The number of aryl methyl sites for hydroxylation is 1. The number of carbonyl (C=O) groups excluding carboxylic acids is 1. The number of hydrogen-bond donors (Lipinski definition) is 3. The number of amides is 2. The Balaban J connectivity index is 1.69. The number of rotatable bonds is 4. The molecule has 6 nitrogen and oxygen atoms in total. The number of aromatic nitrogens is 1. The smallest absolute Gasteiger partial charge is 0.315 e. The van der Waals surface area contributed by atoms with Crippen molar-refractivity contribution in [1.29, 1.82) is 0 Å². The van der Waals surface area contributed by atoms with Crippen LogP contribution in [-0.4, -0.2) is 28.1 Å². The average molecular weight is 297 g/mol. The molecule has 0 radical (unpaired) electrons. The molecule has 0 spiro atoms. The lowest BCUT2D eigenvalue weighted by Crippen LogP contribution is -2.43. The summed E-state index contributed by atoms with van der Waals surface area (Å²) in [6.45, 7) is 2.40. The molecular weight excluding hydrogens is 278 g/mol. The molecule has 1 aliphatic carbocycles.